The van der Waals surface area contributed by atoms with Gasteiger partial charge in [0.05, 0.1) is 12.2 Å². The number of nitrogens with one attached hydrogen (secondary N) is 2. The van der Waals surface area contributed by atoms with Crippen molar-refractivity contribution in [1.82, 2.24) is 20.1 Å². The third-order valence-electron chi connectivity index (χ3n) is 2.49. The van der Waals surface area contributed by atoms with Gasteiger partial charge in [0.1, 0.15) is 0 Å². The van der Waals surface area contributed by atoms with Gasteiger partial charge in [-0.05, 0) is 13.0 Å². The Bertz CT molecular complexity index is 522. The molecular formula is C12H17N5OS. The van der Waals surface area contributed by atoms with Gasteiger partial charge in [-0.3, -0.25) is 9.48 Å². The van der Waals surface area contributed by atoms with Crippen LogP contribution in [0.4, 0.5) is 5.13 Å². The van der Waals surface area contributed by atoms with Gasteiger partial charge in [-0.15, -0.1) is 11.3 Å². The molecule has 2 N–H and O–H groups in total. The number of carbonyl (C=O) groups is 1. The van der Waals surface area contributed by atoms with Crippen molar-refractivity contribution in [2.45, 2.75) is 33.0 Å². The fraction of sp³-hybridized carbons (Fsp3) is 0.417. The topological polar surface area (TPSA) is 71.8 Å². The van der Waals surface area contributed by atoms with E-state index >= 15 is 0 Å². The summed E-state index contributed by atoms with van der Waals surface area (Å²) in [6.07, 6.45) is 3.71. The molecule has 102 valence electrons. The van der Waals surface area contributed by atoms with Crippen molar-refractivity contribution in [1.29, 1.82) is 0 Å². The van der Waals surface area contributed by atoms with Crippen LogP contribution in [0.5, 0.6) is 0 Å². The molecule has 1 atom stereocenters. The van der Waals surface area contributed by atoms with E-state index in [2.05, 4.69) is 27.6 Å². The summed E-state index contributed by atoms with van der Waals surface area (Å²) < 4.78 is 1.89. The predicted molar refractivity (Wildman–Crippen MR) is 74.9 cm³/mol. The maximum Gasteiger partial charge on any atom is 0.223 e. The van der Waals surface area contributed by atoms with Crippen molar-refractivity contribution >= 4 is 22.4 Å². The SMILES string of the molecule is CC(=O)Nc1nc(CNC(C)Cn2cccn2)cs1. The molecule has 2 aromatic rings. The Labute approximate surface area is 115 Å². The van der Waals surface area contributed by atoms with Gasteiger partial charge in [-0.1, -0.05) is 0 Å². The molecule has 2 heterocycles. The number of rotatable bonds is 6. The molecule has 0 fully saturated rings. The molecule has 1 unspecified atom stereocenters. The largest absolute Gasteiger partial charge is 0.307 e. The maximum atomic E-state index is 10.9. The smallest absolute Gasteiger partial charge is 0.223 e. The molecule has 0 aromatic carbocycles. The van der Waals surface area contributed by atoms with E-state index in [1.807, 2.05) is 22.3 Å². The Morgan fingerprint density at radius 3 is 3.11 bits per heavy atom. The zero-order valence-electron chi connectivity index (χ0n) is 11.0. The first kappa shape index (κ1) is 13.7. The summed E-state index contributed by atoms with van der Waals surface area (Å²) in [6.45, 7) is 5.07. The van der Waals surface area contributed by atoms with E-state index in [0.717, 1.165) is 12.2 Å². The molecule has 0 aliphatic rings. The van der Waals surface area contributed by atoms with Crippen LogP contribution in [-0.4, -0.2) is 26.7 Å². The number of carbonyl (C=O) groups excluding carboxylic acids is 1. The van der Waals surface area contributed by atoms with E-state index < -0.39 is 0 Å². The van der Waals surface area contributed by atoms with Crippen LogP contribution in [0.1, 0.15) is 19.5 Å². The molecule has 6 nitrogen and oxygen atoms in total. The minimum absolute atomic E-state index is 0.0964. The highest BCUT2D eigenvalue weighted by Crippen LogP contribution is 2.15. The average molecular weight is 279 g/mol. The summed E-state index contributed by atoms with van der Waals surface area (Å²) in [6, 6.07) is 2.21. The minimum Gasteiger partial charge on any atom is -0.307 e. The van der Waals surface area contributed by atoms with Crippen molar-refractivity contribution in [3.05, 3.63) is 29.5 Å². The van der Waals surface area contributed by atoms with Gasteiger partial charge in [-0.2, -0.15) is 5.10 Å². The van der Waals surface area contributed by atoms with E-state index in [1.165, 1.54) is 18.3 Å². The molecule has 0 aliphatic carbocycles. The number of hydrogen-bond acceptors (Lipinski definition) is 5. The van der Waals surface area contributed by atoms with Crippen molar-refractivity contribution in [2.24, 2.45) is 0 Å². The lowest BCUT2D eigenvalue weighted by Gasteiger charge is -2.12. The number of nitrogens with zero attached hydrogens (tertiary/aromatic N) is 3. The second-order valence-corrected chi connectivity index (χ2v) is 5.19. The van der Waals surface area contributed by atoms with Gasteiger partial charge in [0.2, 0.25) is 5.91 Å². The van der Waals surface area contributed by atoms with E-state index in [9.17, 15) is 4.79 Å². The molecule has 7 heteroatoms. The molecule has 0 radical (unpaired) electrons. The van der Waals surface area contributed by atoms with Crippen LogP contribution in [-0.2, 0) is 17.9 Å². The number of hydrogen-bond donors (Lipinski definition) is 2. The van der Waals surface area contributed by atoms with Gasteiger partial charge in [0, 0.05) is 37.3 Å². The van der Waals surface area contributed by atoms with Crippen LogP contribution in [0.25, 0.3) is 0 Å². The number of thiazole rings is 1. The summed E-state index contributed by atoms with van der Waals surface area (Å²) in [5.74, 6) is -0.0964. The first-order valence-electron chi connectivity index (χ1n) is 6.06. The van der Waals surface area contributed by atoms with Crippen LogP contribution in [0.3, 0.4) is 0 Å². The highest BCUT2D eigenvalue weighted by atomic mass is 32.1. The van der Waals surface area contributed by atoms with E-state index in [0.29, 0.717) is 17.7 Å². The van der Waals surface area contributed by atoms with Gasteiger partial charge < -0.3 is 10.6 Å². The molecule has 0 saturated heterocycles. The summed E-state index contributed by atoms with van der Waals surface area (Å²) in [5.41, 5.74) is 0.932. The number of anilines is 1. The minimum atomic E-state index is -0.0964. The van der Waals surface area contributed by atoms with Crippen molar-refractivity contribution in [3.8, 4) is 0 Å². The molecule has 0 aliphatic heterocycles. The second-order valence-electron chi connectivity index (χ2n) is 4.34. The number of amides is 1. The van der Waals surface area contributed by atoms with Gasteiger partial charge in [0.15, 0.2) is 5.13 Å². The quantitative estimate of drug-likeness (QED) is 0.840. The van der Waals surface area contributed by atoms with E-state index in [-0.39, 0.29) is 5.91 Å². The fourth-order valence-corrected chi connectivity index (χ4v) is 2.38. The summed E-state index contributed by atoms with van der Waals surface area (Å²) in [4.78, 5) is 15.2. The lowest BCUT2D eigenvalue weighted by molar-refractivity contribution is -0.114. The Balaban J connectivity index is 1.78. The maximum absolute atomic E-state index is 10.9. The Morgan fingerprint density at radius 1 is 1.58 bits per heavy atom. The summed E-state index contributed by atoms with van der Waals surface area (Å²) in [5, 5.41) is 12.8. The monoisotopic (exact) mass is 279 g/mol. The lowest BCUT2D eigenvalue weighted by atomic mass is 10.3. The second kappa shape index (κ2) is 6.44. The van der Waals surface area contributed by atoms with Gasteiger partial charge in [-0.25, -0.2) is 4.98 Å². The van der Waals surface area contributed by atoms with E-state index in [4.69, 9.17) is 0 Å². The highest BCUT2D eigenvalue weighted by molar-refractivity contribution is 7.13. The zero-order valence-corrected chi connectivity index (χ0v) is 11.8. The highest BCUT2D eigenvalue weighted by Gasteiger charge is 2.06. The van der Waals surface area contributed by atoms with Crippen LogP contribution in [0.15, 0.2) is 23.8 Å². The molecule has 2 aromatic heterocycles. The average Bonchev–Trinajstić information content (AvgIpc) is 2.97. The lowest BCUT2D eigenvalue weighted by Crippen LogP contribution is -2.30. The van der Waals surface area contributed by atoms with Crippen LogP contribution >= 0.6 is 11.3 Å². The van der Waals surface area contributed by atoms with Crippen LogP contribution < -0.4 is 10.6 Å². The third kappa shape index (κ3) is 4.46. The zero-order chi connectivity index (χ0) is 13.7. The molecular weight excluding hydrogens is 262 g/mol. The molecule has 0 bridgehead atoms. The van der Waals surface area contributed by atoms with Crippen molar-refractivity contribution < 1.29 is 4.79 Å². The first-order chi connectivity index (χ1) is 9.13. The van der Waals surface area contributed by atoms with E-state index in [1.54, 1.807) is 6.20 Å². The summed E-state index contributed by atoms with van der Waals surface area (Å²) in [7, 11) is 0. The molecule has 0 saturated carbocycles. The fourth-order valence-electron chi connectivity index (χ4n) is 1.63. The predicted octanol–water partition coefficient (Wildman–Crippen LogP) is 1.48. The molecule has 2 rings (SSSR count). The van der Waals surface area contributed by atoms with Crippen LogP contribution in [0.2, 0.25) is 0 Å². The summed E-state index contributed by atoms with van der Waals surface area (Å²) >= 11 is 1.43. The molecule has 19 heavy (non-hydrogen) atoms. The Hall–Kier alpha value is -1.73. The number of aromatic nitrogens is 3. The van der Waals surface area contributed by atoms with Crippen molar-refractivity contribution in [3.63, 3.8) is 0 Å². The van der Waals surface area contributed by atoms with Crippen LogP contribution in [0, 0.1) is 0 Å². The Kier molecular flexibility index (Phi) is 4.64. The standard InChI is InChI=1S/C12H17N5OS/c1-9(7-17-5-3-4-14-17)13-6-11-8-19-12(16-11)15-10(2)18/h3-5,8-9,13H,6-7H2,1-2H3,(H,15,16,18). The third-order valence-corrected chi connectivity index (χ3v) is 3.29. The first-order valence-corrected chi connectivity index (χ1v) is 6.94. The molecule has 1 amide bonds. The normalized spacial score (nSPS) is 12.3. The Morgan fingerprint density at radius 2 is 2.42 bits per heavy atom. The molecule has 0 spiro atoms. The van der Waals surface area contributed by atoms with Gasteiger partial charge in [0.25, 0.3) is 0 Å². The van der Waals surface area contributed by atoms with Gasteiger partial charge >= 0.3 is 0 Å². The van der Waals surface area contributed by atoms with Crippen molar-refractivity contribution in [2.75, 3.05) is 5.32 Å².